The number of nitrogens with zero attached hydrogens (tertiary/aromatic N) is 3. The Kier molecular flexibility index (Phi) is 20.7. The number of Topliss-reactive ketones (excluding diaryl/α,β-unsaturated/α-hetero) is 1. The van der Waals surface area contributed by atoms with Gasteiger partial charge in [-0.05, 0) is 84.0 Å². The van der Waals surface area contributed by atoms with Crippen LogP contribution in [0.2, 0.25) is 0 Å². The molecule has 1 aliphatic carbocycles. The Bertz CT molecular complexity index is 2400. The predicted octanol–water partition coefficient (Wildman–Crippen LogP) is 8.09. The second-order valence-corrected chi connectivity index (χ2v) is 22.3. The first kappa shape index (κ1) is 59.8. The first-order valence-electron chi connectivity index (χ1n) is 27.4. The Labute approximate surface area is 451 Å². The van der Waals surface area contributed by atoms with Crippen molar-refractivity contribution in [3.63, 3.8) is 0 Å². The van der Waals surface area contributed by atoms with Crippen molar-refractivity contribution in [3.05, 3.63) is 101 Å². The van der Waals surface area contributed by atoms with Gasteiger partial charge in [0.15, 0.2) is 0 Å². The number of carbonyl (C=O) groups is 4. The molecule has 5 N–H and O–H groups in total. The van der Waals surface area contributed by atoms with Crippen LogP contribution in [0, 0.1) is 29.6 Å². The van der Waals surface area contributed by atoms with E-state index in [1.165, 1.54) is 13.2 Å². The van der Waals surface area contributed by atoms with Crippen LogP contribution in [0.4, 0.5) is 5.69 Å². The van der Waals surface area contributed by atoms with Gasteiger partial charge in [0.05, 0.1) is 36.0 Å². The van der Waals surface area contributed by atoms with Crippen molar-refractivity contribution in [3.8, 4) is 0 Å². The number of ketones is 1. The maximum atomic E-state index is 15.3. The molecule has 17 nitrogen and oxygen atoms in total. The second kappa shape index (κ2) is 26.3. The highest BCUT2D eigenvalue weighted by atomic mass is 16.9. The van der Waals surface area contributed by atoms with E-state index >= 15 is 4.79 Å². The van der Waals surface area contributed by atoms with Crippen LogP contribution in [-0.4, -0.2) is 140 Å². The number of hydrogen-bond acceptors (Lipinski definition) is 15. The van der Waals surface area contributed by atoms with E-state index < -0.39 is 77.9 Å². The zero-order valence-electron chi connectivity index (χ0n) is 47.4. The van der Waals surface area contributed by atoms with Crippen LogP contribution in [0.3, 0.4) is 0 Å². The number of ether oxygens (including phenoxy) is 5. The average Bonchev–Trinajstić information content (AvgIpc) is 3.44. The van der Waals surface area contributed by atoms with Crippen molar-refractivity contribution >= 4 is 29.3 Å². The molecular formula is C59H88N6O11. The van der Waals surface area contributed by atoms with Gasteiger partial charge in [0.2, 0.25) is 11.7 Å². The number of benzene rings is 1. The van der Waals surface area contributed by atoms with Gasteiger partial charge in [-0.2, -0.15) is 0 Å². The minimum Gasteiger partial charge on any atom is -0.516 e. The number of piperidine rings is 2. The average molecular weight is 1060 g/mol. The molecule has 9 atom stereocenters. The molecule has 3 fully saturated rings. The van der Waals surface area contributed by atoms with Gasteiger partial charge in [-0.25, -0.2) is 0 Å². The van der Waals surface area contributed by atoms with Crippen LogP contribution in [0.5, 0.6) is 0 Å². The van der Waals surface area contributed by atoms with Crippen LogP contribution >= 0.6 is 0 Å². The van der Waals surface area contributed by atoms with Gasteiger partial charge in [0.1, 0.15) is 24.0 Å². The highest BCUT2D eigenvalue weighted by Gasteiger charge is 2.52. The fourth-order valence-electron chi connectivity index (χ4n) is 11.7. The molecule has 420 valence electrons. The molecule has 2 bridgehead atoms. The molecule has 5 aliphatic rings. The first-order valence-corrected chi connectivity index (χ1v) is 27.4. The topological polar surface area (TPSA) is 201 Å². The Morgan fingerprint density at radius 2 is 1.68 bits per heavy atom. The van der Waals surface area contributed by atoms with Gasteiger partial charge in [0, 0.05) is 118 Å². The third-order valence-electron chi connectivity index (χ3n) is 16.4. The van der Waals surface area contributed by atoms with E-state index in [-0.39, 0.29) is 53.5 Å². The summed E-state index contributed by atoms with van der Waals surface area (Å²) in [7, 11) is 5.46. The van der Waals surface area contributed by atoms with Crippen LogP contribution in [0.15, 0.2) is 101 Å². The number of carbonyl (C=O) groups excluding carboxylic acids is 4. The van der Waals surface area contributed by atoms with Crippen molar-refractivity contribution in [1.29, 1.82) is 0 Å². The second-order valence-electron chi connectivity index (χ2n) is 22.3. The SMILES string of the molecule is CNC1(NC(C)=C2NC(=O)/C(C)=C\C=C\[C@H](C)[C@@H]3OC(C)(OC4=C(CCC(O)=C4C)C2=O)O[C@@H]([C@@H](C)[C@H](OC(=O)CC(=O)N2CCC(N(C)c4ccccc4)CC2)[C@H](C)[C@H](/C=C/O)OC)[C@@H]3C)CCN(CC(C)C)CC1. The Morgan fingerprint density at radius 1 is 1.01 bits per heavy atom. The van der Waals surface area contributed by atoms with E-state index in [1.807, 2.05) is 59.0 Å². The van der Waals surface area contributed by atoms with Crippen LogP contribution < -0.4 is 20.9 Å². The lowest BCUT2D eigenvalue weighted by Crippen LogP contribution is -2.61. The molecule has 1 aromatic rings. The molecule has 0 aromatic heterocycles. The van der Waals surface area contributed by atoms with Gasteiger partial charge in [-0.1, -0.05) is 78.0 Å². The first-order chi connectivity index (χ1) is 36.0. The normalized spacial score (nSPS) is 28.7. The number of methoxy groups -OCH3 is 1. The summed E-state index contributed by atoms with van der Waals surface area (Å²) in [6.45, 7) is 22.6. The minimum atomic E-state index is -1.90. The number of fused-ring (bicyclic) bond motifs is 2. The number of aliphatic hydroxyl groups is 2. The molecule has 0 saturated carbocycles. The molecule has 1 unspecified atom stereocenters. The van der Waals surface area contributed by atoms with Crippen molar-refractivity contribution in [2.45, 2.75) is 156 Å². The quantitative estimate of drug-likeness (QED) is 0.0350. The smallest absolute Gasteiger partial charge is 0.324 e. The van der Waals surface area contributed by atoms with Gasteiger partial charge in [0.25, 0.3) is 5.91 Å². The van der Waals surface area contributed by atoms with E-state index in [0.29, 0.717) is 35.9 Å². The van der Waals surface area contributed by atoms with E-state index in [2.05, 4.69) is 58.8 Å². The number of nitrogens with one attached hydrogen (secondary N) is 3. The molecule has 0 radical (unpaired) electrons. The maximum Gasteiger partial charge on any atom is 0.324 e. The third-order valence-corrected chi connectivity index (χ3v) is 16.4. The lowest BCUT2D eigenvalue weighted by atomic mass is 9.77. The molecule has 3 saturated heterocycles. The van der Waals surface area contributed by atoms with Gasteiger partial charge >= 0.3 is 11.9 Å². The summed E-state index contributed by atoms with van der Waals surface area (Å²) in [4.78, 5) is 63.8. The number of para-hydroxylation sites is 1. The molecule has 2 amide bonds. The van der Waals surface area contributed by atoms with Crippen LogP contribution in [0.25, 0.3) is 0 Å². The molecule has 6 rings (SSSR count). The number of esters is 1. The molecule has 1 aromatic carbocycles. The van der Waals surface area contributed by atoms with Crippen LogP contribution in [-0.2, 0) is 42.9 Å². The number of hydrogen-bond donors (Lipinski definition) is 5. The zero-order valence-corrected chi connectivity index (χ0v) is 47.4. The van der Waals surface area contributed by atoms with Crippen molar-refractivity contribution < 1.29 is 53.1 Å². The zero-order chi connectivity index (χ0) is 55.6. The number of amides is 2. The Balaban J connectivity index is 1.33. The lowest BCUT2D eigenvalue weighted by Gasteiger charge is -2.50. The summed E-state index contributed by atoms with van der Waals surface area (Å²) < 4.78 is 33.0. The summed E-state index contributed by atoms with van der Waals surface area (Å²) in [5, 5.41) is 31.4. The Hall–Kier alpha value is -5.46. The number of aliphatic hydroxyl groups excluding tert-OH is 2. The standard InChI is InChI=1S/C59H88N6O11/c1-36(2)35-64-31-27-59(60-11,28-32-64)62-43(9)51-52(70)46-22-23-47(67)39(5)56(46)76-58(10)74-53(37(3)18-17-19-38(4)57(71)61-51)41(7)55(75-58)42(8)54(40(6)48(72-13)26-33-66)73-50(69)34-49(68)65-29-24-45(25-30-65)63(12)44-20-15-14-16-21-44/h14-21,26,33,36-37,40-42,45,48,53-55,60,62,66-67H,22-25,27-32,34-35H2,1-13H3,(H,61,71)/b18-17+,33-26+,38-19-,51-43?/t37-,40+,41+,42-,48-,53-,54+,55+,58?/m0/s1. The monoisotopic (exact) mass is 1060 g/mol. The predicted molar refractivity (Wildman–Crippen MR) is 293 cm³/mol. The van der Waals surface area contributed by atoms with Crippen LogP contribution in [0.1, 0.15) is 114 Å². The van der Waals surface area contributed by atoms with E-state index in [4.69, 9.17) is 23.7 Å². The van der Waals surface area contributed by atoms with Crippen molar-refractivity contribution in [2.75, 3.05) is 58.8 Å². The molecule has 4 aliphatic heterocycles. The van der Waals surface area contributed by atoms with Crippen molar-refractivity contribution in [1.82, 2.24) is 25.8 Å². The minimum absolute atomic E-state index is 0.0299. The largest absolute Gasteiger partial charge is 0.516 e. The summed E-state index contributed by atoms with van der Waals surface area (Å²) >= 11 is 0. The summed E-state index contributed by atoms with van der Waals surface area (Å²) in [6, 6.07) is 10.4. The maximum absolute atomic E-state index is 15.3. The summed E-state index contributed by atoms with van der Waals surface area (Å²) in [5.41, 5.74) is 1.94. The molecule has 4 heterocycles. The highest BCUT2D eigenvalue weighted by molar-refractivity contribution is 6.12. The summed E-state index contributed by atoms with van der Waals surface area (Å²) in [6.07, 6.45) is 7.53. The molecular weight excluding hydrogens is 969 g/mol. The molecule has 0 spiro atoms. The fraction of sp³-hybridized carbons (Fsp3) is 0.627. The number of likely N-dealkylation sites (tertiary alicyclic amines) is 2. The third kappa shape index (κ3) is 14.4. The fourth-order valence-corrected chi connectivity index (χ4v) is 11.7. The summed E-state index contributed by atoms with van der Waals surface area (Å²) in [5.74, 6) is -5.18. The number of rotatable bonds is 16. The number of anilines is 1. The Morgan fingerprint density at radius 3 is 2.30 bits per heavy atom. The highest BCUT2D eigenvalue weighted by Crippen LogP contribution is 2.44. The van der Waals surface area contributed by atoms with Crippen molar-refractivity contribution in [2.24, 2.45) is 29.6 Å². The van der Waals surface area contributed by atoms with Gasteiger partial charge < -0.3 is 59.2 Å². The lowest BCUT2D eigenvalue weighted by molar-refractivity contribution is -0.432. The van der Waals surface area contributed by atoms with Gasteiger partial charge in [-0.3, -0.25) is 24.5 Å². The van der Waals surface area contributed by atoms with E-state index in [1.54, 1.807) is 44.7 Å². The number of allylic oxidation sites excluding steroid dienone is 6. The van der Waals surface area contributed by atoms with Gasteiger partial charge in [-0.15, -0.1) is 0 Å². The van der Waals surface area contributed by atoms with E-state index in [0.717, 1.165) is 57.3 Å². The molecule has 76 heavy (non-hydrogen) atoms. The molecule has 17 heteroatoms. The van der Waals surface area contributed by atoms with E-state index in [9.17, 15) is 24.6 Å².